The van der Waals surface area contributed by atoms with Crippen molar-refractivity contribution in [3.05, 3.63) is 59.8 Å². The van der Waals surface area contributed by atoms with Crippen molar-refractivity contribution in [3.63, 3.8) is 0 Å². The molecule has 1 amide bonds. The van der Waals surface area contributed by atoms with E-state index in [2.05, 4.69) is 10.3 Å². The van der Waals surface area contributed by atoms with Crippen LogP contribution < -0.4 is 5.32 Å². The largest absolute Gasteiger partial charge is 0.373 e. The molecule has 1 N–H and O–H groups in total. The Morgan fingerprint density at radius 1 is 1.26 bits per heavy atom. The van der Waals surface area contributed by atoms with Crippen LogP contribution in [0.2, 0.25) is 0 Å². The zero-order valence-electron chi connectivity index (χ0n) is 11.1. The van der Waals surface area contributed by atoms with Crippen molar-refractivity contribution in [1.29, 1.82) is 0 Å². The number of anilines is 1. The van der Waals surface area contributed by atoms with Gasteiger partial charge < -0.3 is 10.2 Å². The molecule has 19 heavy (non-hydrogen) atoms. The van der Waals surface area contributed by atoms with E-state index in [-0.39, 0.29) is 5.91 Å². The normalized spacial score (nSPS) is 10.0. The van der Waals surface area contributed by atoms with E-state index in [0.29, 0.717) is 17.9 Å². The number of rotatable bonds is 4. The zero-order chi connectivity index (χ0) is 13.7. The molecule has 0 spiro atoms. The van der Waals surface area contributed by atoms with Crippen LogP contribution in [0.4, 0.5) is 5.82 Å². The third-order valence-corrected chi connectivity index (χ3v) is 2.87. The van der Waals surface area contributed by atoms with Gasteiger partial charge in [-0.3, -0.25) is 4.79 Å². The molecular formula is C15H17N3O. The molecule has 0 atom stereocenters. The average molecular weight is 255 g/mol. The Hall–Kier alpha value is -2.36. The van der Waals surface area contributed by atoms with Gasteiger partial charge >= 0.3 is 0 Å². The monoisotopic (exact) mass is 255 g/mol. The van der Waals surface area contributed by atoms with Gasteiger partial charge in [-0.2, -0.15) is 0 Å². The van der Waals surface area contributed by atoms with Crippen molar-refractivity contribution in [2.75, 3.05) is 19.4 Å². The minimum absolute atomic E-state index is 0.0113. The first-order chi connectivity index (χ1) is 9.20. The zero-order valence-corrected chi connectivity index (χ0v) is 11.1. The lowest BCUT2D eigenvalue weighted by atomic mass is 10.2. The molecule has 98 valence electrons. The molecule has 0 saturated heterocycles. The number of nitrogens with one attached hydrogen (secondary N) is 1. The van der Waals surface area contributed by atoms with Crippen molar-refractivity contribution in [3.8, 4) is 0 Å². The topological polar surface area (TPSA) is 45.2 Å². The highest BCUT2D eigenvalue weighted by atomic mass is 16.2. The maximum atomic E-state index is 12.3. The predicted octanol–water partition coefficient (Wildman–Crippen LogP) is 2.40. The summed E-state index contributed by atoms with van der Waals surface area (Å²) < 4.78 is 0. The number of carbonyl (C=O) groups excluding carboxylic acids is 1. The van der Waals surface area contributed by atoms with Crippen LogP contribution in [0.3, 0.4) is 0 Å². The van der Waals surface area contributed by atoms with Gasteiger partial charge in [0.25, 0.3) is 5.91 Å². The molecule has 2 rings (SSSR count). The highest BCUT2D eigenvalue weighted by molar-refractivity contribution is 5.94. The van der Waals surface area contributed by atoms with Gasteiger partial charge in [-0.15, -0.1) is 0 Å². The summed E-state index contributed by atoms with van der Waals surface area (Å²) in [5.41, 5.74) is 1.75. The second kappa shape index (κ2) is 6.00. The van der Waals surface area contributed by atoms with Crippen LogP contribution in [0, 0.1) is 0 Å². The number of hydrogen-bond acceptors (Lipinski definition) is 3. The van der Waals surface area contributed by atoms with Gasteiger partial charge in [0.1, 0.15) is 5.82 Å². The molecule has 0 bridgehead atoms. The van der Waals surface area contributed by atoms with Crippen molar-refractivity contribution in [2.24, 2.45) is 0 Å². The van der Waals surface area contributed by atoms with Crippen molar-refractivity contribution >= 4 is 11.7 Å². The van der Waals surface area contributed by atoms with E-state index in [1.807, 2.05) is 30.3 Å². The van der Waals surface area contributed by atoms with E-state index < -0.39 is 0 Å². The molecule has 0 saturated carbocycles. The summed E-state index contributed by atoms with van der Waals surface area (Å²) in [6.45, 7) is 0.594. The summed E-state index contributed by atoms with van der Waals surface area (Å²) >= 11 is 0. The molecular weight excluding hydrogens is 238 g/mol. The van der Waals surface area contributed by atoms with Crippen LogP contribution >= 0.6 is 0 Å². The highest BCUT2D eigenvalue weighted by Gasteiger charge is 2.12. The number of aromatic nitrogens is 1. The second-order valence-electron chi connectivity index (χ2n) is 4.33. The summed E-state index contributed by atoms with van der Waals surface area (Å²) in [5, 5.41) is 2.93. The molecule has 4 heteroatoms. The summed E-state index contributed by atoms with van der Waals surface area (Å²) in [6, 6.07) is 13.4. The lowest BCUT2D eigenvalue weighted by molar-refractivity contribution is 0.0785. The van der Waals surface area contributed by atoms with Crippen molar-refractivity contribution in [1.82, 2.24) is 9.88 Å². The fourth-order valence-electron chi connectivity index (χ4n) is 1.85. The van der Waals surface area contributed by atoms with Gasteiger partial charge in [0.05, 0.1) is 0 Å². The summed E-state index contributed by atoms with van der Waals surface area (Å²) in [4.78, 5) is 18.1. The van der Waals surface area contributed by atoms with Crippen LogP contribution in [0.15, 0.2) is 48.7 Å². The highest BCUT2D eigenvalue weighted by Crippen LogP contribution is 2.10. The number of pyridine rings is 1. The molecule has 0 aliphatic rings. The molecule has 1 aromatic heterocycles. The molecule has 1 heterocycles. The molecule has 0 fully saturated rings. The van der Waals surface area contributed by atoms with Crippen molar-refractivity contribution < 1.29 is 4.79 Å². The molecule has 0 radical (unpaired) electrons. The van der Waals surface area contributed by atoms with E-state index in [1.54, 1.807) is 37.3 Å². The average Bonchev–Trinajstić information content (AvgIpc) is 2.47. The Morgan fingerprint density at radius 3 is 2.68 bits per heavy atom. The van der Waals surface area contributed by atoms with Crippen LogP contribution in [0.1, 0.15) is 15.9 Å². The van der Waals surface area contributed by atoms with Gasteiger partial charge in [0.15, 0.2) is 0 Å². The van der Waals surface area contributed by atoms with Gasteiger partial charge in [0, 0.05) is 32.4 Å². The first-order valence-electron chi connectivity index (χ1n) is 6.14. The SMILES string of the molecule is CNc1cc(C(=O)N(C)Cc2ccccc2)ccn1. The lowest BCUT2D eigenvalue weighted by Crippen LogP contribution is -2.26. The molecule has 4 nitrogen and oxygen atoms in total. The summed E-state index contributed by atoms with van der Waals surface area (Å²) in [7, 11) is 3.58. The van der Waals surface area contributed by atoms with Crippen LogP contribution in [-0.4, -0.2) is 29.9 Å². The molecule has 2 aromatic rings. The van der Waals surface area contributed by atoms with Gasteiger partial charge in [-0.25, -0.2) is 4.98 Å². The van der Waals surface area contributed by atoms with Gasteiger partial charge in [0.2, 0.25) is 0 Å². The van der Waals surface area contributed by atoms with Crippen LogP contribution in [-0.2, 0) is 6.54 Å². The van der Waals surface area contributed by atoms with Crippen LogP contribution in [0.5, 0.6) is 0 Å². The third-order valence-electron chi connectivity index (χ3n) is 2.87. The van der Waals surface area contributed by atoms with E-state index in [4.69, 9.17) is 0 Å². The standard InChI is InChI=1S/C15H17N3O/c1-16-14-10-13(8-9-17-14)15(19)18(2)11-12-6-4-3-5-7-12/h3-10H,11H2,1-2H3,(H,16,17). The Bertz CT molecular complexity index is 554. The summed E-state index contributed by atoms with van der Waals surface area (Å²) in [5.74, 6) is 0.682. The molecule has 0 aliphatic carbocycles. The first kappa shape index (κ1) is 13.1. The van der Waals surface area contributed by atoms with E-state index >= 15 is 0 Å². The first-order valence-corrected chi connectivity index (χ1v) is 6.14. The quantitative estimate of drug-likeness (QED) is 0.912. The predicted molar refractivity (Wildman–Crippen MR) is 76.0 cm³/mol. The van der Waals surface area contributed by atoms with Gasteiger partial charge in [-0.1, -0.05) is 30.3 Å². The van der Waals surface area contributed by atoms with Crippen molar-refractivity contribution in [2.45, 2.75) is 6.54 Å². The van der Waals surface area contributed by atoms with Gasteiger partial charge in [-0.05, 0) is 17.7 Å². The maximum Gasteiger partial charge on any atom is 0.254 e. The van der Waals surface area contributed by atoms with E-state index in [9.17, 15) is 4.79 Å². The van der Waals surface area contributed by atoms with E-state index in [1.165, 1.54) is 0 Å². The number of nitrogens with zero attached hydrogens (tertiary/aromatic N) is 2. The third kappa shape index (κ3) is 3.31. The number of amides is 1. The Kier molecular flexibility index (Phi) is 4.13. The molecule has 1 aromatic carbocycles. The maximum absolute atomic E-state index is 12.3. The minimum Gasteiger partial charge on any atom is -0.373 e. The number of carbonyl (C=O) groups is 1. The second-order valence-corrected chi connectivity index (χ2v) is 4.33. The smallest absolute Gasteiger partial charge is 0.254 e. The van der Waals surface area contributed by atoms with E-state index in [0.717, 1.165) is 5.56 Å². The molecule has 0 aliphatic heterocycles. The summed E-state index contributed by atoms with van der Waals surface area (Å²) in [6.07, 6.45) is 1.63. The Morgan fingerprint density at radius 2 is 2.00 bits per heavy atom. The Balaban J connectivity index is 2.10. The Labute approximate surface area is 113 Å². The number of hydrogen-bond donors (Lipinski definition) is 1. The fourth-order valence-corrected chi connectivity index (χ4v) is 1.85. The molecule has 0 unspecified atom stereocenters. The van der Waals surface area contributed by atoms with Crippen LogP contribution in [0.25, 0.3) is 0 Å². The lowest BCUT2D eigenvalue weighted by Gasteiger charge is -2.17. The fraction of sp³-hybridized carbons (Fsp3) is 0.200. The minimum atomic E-state index is -0.0113. The number of benzene rings is 1.